The molecule has 1 N–H and O–H groups in total. The van der Waals surface area contributed by atoms with E-state index in [2.05, 4.69) is 21.6 Å². The molecule has 0 aliphatic heterocycles. The number of Topliss-reactive ketones (excluding diaryl/α,β-unsaturated/α-hetero) is 1. The van der Waals surface area contributed by atoms with Crippen LogP contribution < -0.4 is 5.32 Å². The molecule has 1 aromatic carbocycles. The number of aromatic nitrogens is 4. The molecule has 1 aliphatic rings. The van der Waals surface area contributed by atoms with Gasteiger partial charge in [0.15, 0.2) is 5.78 Å². The zero-order valence-corrected chi connectivity index (χ0v) is 19.1. The highest BCUT2D eigenvalue weighted by atomic mass is 16.2. The largest absolute Gasteiger partial charge is 0.348 e. The number of ketones is 1. The van der Waals surface area contributed by atoms with Gasteiger partial charge in [-0.25, -0.2) is 0 Å². The Hall–Kier alpha value is -3.74. The van der Waals surface area contributed by atoms with Gasteiger partial charge in [0.2, 0.25) is 0 Å². The molecule has 1 aliphatic carbocycles. The van der Waals surface area contributed by atoms with Gasteiger partial charge in [-0.2, -0.15) is 10.2 Å². The van der Waals surface area contributed by atoms with Gasteiger partial charge in [-0.1, -0.05) is 11.6 Å². The van der Waals surface area contributed by atoms with Crippen molar-refractivity contribution in [2.24, 2.45) is 14.1 Å². The van der Waals surface area contributed by atoms with Crippen LogP contribution in [0.2, 0.25) is 0 Å². The van der Waals surface area contributed by atoms with Gasteiger partial charge in [0.1, 0.15) is 0 Å². The van der Waals surface area contributed by atoms with Gasteiger partial charge >= 0.3 is 0 Å². The number of nitrogens with one attached hydrogen (secondary N) is 1. The minimum atomic E-state index is -0.212. The SMILES string of the molecule is CC1=CC(C)=C(CNC(=O)c2cc(-c3cnn(C)c3)cc(-c3ccnn3C)c2C)C(=O)C1. The van der Waals surface area contributed by atoms with Gasteiger partial charge in [0.05, 0.1) is 11.9 Å². The highest BCUT2D eigenvalue weighted by molar-refractivity contribution is 6.02. The lowest BCUT2D eigenvalue weighted by molar-refractivity contribution is -0.115. The smallest absolute Gasteiger partial charge is 0.251 e. The van der Waals surface area contributed by atoms with E-state index >= 15 is 0 Å². The molecule has 7 nitrogen and oxygen atoms in total. The fraction of sp³-hybridized carbons (Fsp3) is 0.280. The molecule has 0 spiro atoms. The van der Waals surface area contributed by atoms with E-state index in [0.717, 1.165) is 39.1 Å². The fourth-order valence-corrected chi connectivity index (χ4v) is 4.18. The van der Waals surface area contributed by atoms with Crippen LogP contribution in [0.15, 0.2) is 59.6 Å². The van der Waals surface area contributed by atoms with Crippen molar-refractivity contribution >= 4 is 11.7 Å². The Morgan fingerprint density at radius 3 is 2.53 bits per heavy atom. The van der Waals surface area contributed by atoms with Gasteiger partial charge in [-0.3, -0.25) is 19.0 Å². The second kappa shape index (κ2) is 8.42. The Labute approximate surface area is 187 Å². The third-order valence-electron chi connectivity index (χ3n) is 5.93. The Morgan fingerprint density at radius 2 is 1.91 bits per heavy atom. The topological polar surface area (TPSA) is 81.8 Å². The molecule has 0 saturated heterocycles. The molecule has 3 aromatic rings. The van der Waals surface area contributed by atoms with Crippen LogP contribution in [0, 0.1) is 6.92 Å². The first-order valence-corrected chi connectivity index (χ1v) is 10.5. The van der Waals surface area contributed by atoms with Crippen LogP contribution in [0.3, 0.4) is 0 Å². The van der Waals surface area contributed by atoms with E-state index in [9.17, 15) is 9.59 Å². The average molecular weight is 430 g/mol. The van der Waals surface area contributed by atoms with Crippen LogP contribution in [0.25, 0.3) is 22.4 Å². The quantitative estimate of drug-likeness (QED) is 0.670. The van der Waals surface area contributed by atoms with Crippen LogP contribution >= 0.6 is 0 Å². The Kier molecular flexibility index (Phi) is 5.65. The van der Waals surface area contributed by atoms with E-state index in [0.29, 0.717) is 17.6 Å². The zero-order chi connectivity index (χ0) is 23.0. The summed E-state index contributed by atoms with van der Waals surface area (Å²) < 4.78 is 3.53. The molecular formula is C25H27N5O2. The van der Waals surface area contributed by atoms with Crippen LogP contribution in [0.5, 0.6) is 0 Å². The Balaban J connectivity index is 1.73. The normalized spacial score (nSPS) is 14.0. The molecule has 32 heavy (non-hydrogen) atoms. The summed E-state index contributed by atoms with van der Waals surface area (Å²) in [6, 6.07) is 5.88. The zero-order valence-electron chi connectivity index (χ0n) is 19.1. The molecule has 4 rings (SSSR count). The van der Waals surface area contributed by atoms with Crippen molar-refractivity contribution in [3.63, 3.8) is 0 Å². The second-order valence-corrected chi connectivity index (χ2v) is 8.37. The molecule has 0 bridgehead atoms. The maximum atomic E-state index is 13.3. The third kappa shape index (κ3) is 4.06. The van der Waals surface area contributed by atoms with Crippen LogP contribution in [-0.2, 0) is 18.9 Å². The van der Waals surface area contributed by atoms with Gasteiger partial charge < -0.3 is 5.32 Å². The van der Waals surface area contributed by atoms with Crippen molar-refractivity contribution in [1.82, 2.24) is 24.9 Å². The highest BCUT2D eigenvalue weighted by Crippen LogP contribution is 2.32. The van der Waals surface area contributed by atoms with Crippen molar-refractivity contribution in [2.45, 2.75) is 27.2 Å². The Bertz CT molecular complexity index is 1290. The van der Waals surface area contributed by atoms with Crippen molar-refractivity contribution in [2.75, 3.05) is 6.54 Å². The minimum Gasteiger partial charge on any atom is -0.348 e. The van der Waals surface area contributed by atoms with Crippen molar-refractivity contribution in [3.05, 3.63) is 70.7 Å². The lowest BCUT2D eigenvalue weighted by Crippen LogP contribution is -2.30. The van der Waals surface area contributed by atoms with E-state index in [1.54, 1.807) is 21.8 Å². The molecule has 7 heteroatoms. The van der Waals surface area contributed by atoms with E-state index in [1.165, 1.54) is 0 Å². The standard InChI is InChI=1S/C25H27N5O2/c1-15-8-16(2)22(24(31)9-15)13-26-25(32)21-11-18(19-12-28-29(4)14-19)10-20(17(21)3)23-6-7-27-30(23)5/h6-8,10-12,14H,9,13H2,1-5H3,(H,26,32). The maximum Gasteiger partial charge on any atom is 0.251 e. The monoisotopic (exact) mass is 429 g/mol. The number of carbonyl (C=O) groups excluding carboxylic acids is 2. The molecular weight excluding hydrogens is 402 g/mol. The van der Waals surface area contributed by atoms with Crippen molar-refractivity contribution < 1.29 is 9.59 Å². The minimum absolute atomic E-state index is 0.0687. The van der Waals surface area contributed by atoms with Gasteiger partial charge in [0, 0.05) is 61.7 Å². The van der Waals surface area contributed by atoms with Crippen molar-refractivity contribution in [1.29, 1.82) is 0 Å². The van der Waals surface area contributed by atoms with E-state index in [1.807, 2.05) is 59.3 Å². The number of allylic oxidation sites excluding steroid dienone is 3. The molecule has 0 radical (unpaired) electrons. The summed E-state index contributed by atoms with van der Waals surface area (Å²) in [5, 5.41) is 11.5. The number of hydrogen-bond donors (Lipinski definition) is 1. The first kappa shape index (κ1) is 21.5. The number of hydrogen-bond acceptors (Lipinski definition) is 4. The summed E-state index contributed by atoms with van der Waals surface area (Å²) in [7, 11) is 3.74. The van der Waals surface area contributed by atoms with Crippen LogP contribution in [0.4, 0.5) is 0 Å². The van der Waals surface area contributed by atoms with Gasteiger partial charge in [-0.15, -0.1) is 0 Å². The van der Waals surface area contributed by atoms with Crippen molar-refractivity contribution in [3.8, 4) is 22.4 Å². The lowest BCUT2D eigenvalue weighted by atomic mass is 9.92. The molecule has 164 valence electrons. The summed E-state index contributed by atoms with van der Waals surface area (Å²) in [6.07, 6.45) is 7.86. The molecule has 0 unspecified atom stereocenters. The first-order valence-electron chi connectivity index (χ1n) is 10.5. The number of benzene rings is 1. The van der Waals surface area contributed by atoms with Crippen LogP contribution in [-0.4, -0.2) is 37.8 Å². The van der Waals surface area contributed by atoms with E-state index < -0.39 is 0 Å². The lowest BCUT2D eigenvalue weighted by Gasteiger charge is -2.18. The average Bonchev–Trinajstić information content (AvgIpc) is 3.35. The van der Waals surface area contributed by atoms with E-state index in [4.69, 9.17) is 0 Å². The summed E-state index contributed by atoms with van der Waals surface area (Å²) in [5.74, 6) is -0.143. The van der Waals surface area contributed by atoms with Gasteiger partial charge in [0.25, 0.3) is 5.91 Å². The molecule has 2 heterocycles. The third-order valence-corrected chi connectivity index (χ3v) is 5.93. The summed E-state index contributed by atoms with van der Waals surface area (Å²) in [4.78, 5) is 25.7. The fourth-order valence-electron chi connectivity index (χ4n) is 4.18. The summed E-state index contributed by atoms with van der Waals surface area (Å²) >= 11 is 0. The number of aryl methyl sites for hydroxylation is 2. The summed E-state index contributed by atoms with van der Waals surface area (Å²) in [5.41, 5.74) is 7.71. The molecule has 0 fully saturated rings. The summed E-state index contributed by atoms with van der Waals surface area (Å²) in [6.45, 7) is 6.01. The number of rotatable bonds is 5. The molecule has 0 saturated carbocycles. The number of amides is 1. The second-order valence-electron chi connectivity index (χ2n) is 8.37. The number of carbonyl (C=O) groups is 2. The highest BCUT2D eigenvalue weighted by Gasteiger charge is 2.21. The molecule has 2 aromatic heterocycles. The van der Waals surface area contributed by atoms with E-state index in [-0.39, 0.29) is 18.2 Å². The predicted molar refractivity (Wildman–Crippen MR) is 124 cm³/mol. The Morgan fingerprint density at radius 1 is 1.12 bits per heavy atom. The molecule has 0 atom stereocenters. The maximum absolute atomic E-state index is 13.3. The first-order chi connectivity index (χ1) is 15.2. The predicted octanol–water partition coefficient (Wildman–Crippen LogP) is 3.76. The van der Waals surface area contributed by atoms with Crippen LogP contribution in [0.1, 0.15) is 36.2 Å². The molecule has 1 amide bonds. The van der Waals surface area contributed by atoms with Gasteiger partial charge in [-0.05, 0) is 55.7 Å². The number of nitrogens with zero attached hydrogens (tertiary/aromatic N) is 4.